The van der Waals surface area contributed by atoms with E-state index < -0.39 is 0 Å². The van der Waals surface area contributed by atoms with Crippen molar-refractivity contribution in [1.29, 1.82) is 0 Å². The first-order chi connectivity index (χ1) is 26.3. The van der Waals surface area contributed by atoms with E-state index in [0.717, 1.165) is 33.7 Å². The van der Waals surface area contributed by atoms with Crippen LogP contribution in [-0.4, -0.2) is 9.55 Å². The number of benzene rings is 9. The summed E-state index contributed by atoms with van der Waals surface area (Å²) in [5, 5.41) is 5.02. The Kier molecular flexibility index (Phi) is 7.51. The van der Waals surface area contributed by atoms with E-state index in [1.165, 1.54) is 60.5 Å². The van der Waals surface area contributed by atoms with E-state index in [0.29, 0.717) is 0 Å². The van der Waals surface area contributed by atoms with Crippen LogP contribution in [0, 0.1) is 0 Å². The largest absolute Gasteiger partial charge is 0.292 e. The highest BCUT2D eigenvalue weighted by molar-refractivity contribution is 6.21. The smallest absolute Gasteiger partial charge is 0.145 e. The van der Waals surface area contributed by atoms with Crippen LogP contribution in [0.25, 0.3) is 94.2 Å². The third-order valence-corrected chi connectivity index (χ3v) is 10.4. The van der Waals surface area contributed by atoms with Crippen molar-refractivity contribution in [3.8, 4) is 61.6 Å². The Morgan fingerprint density at radius 1 is 0.302 bits per heavy atom. The first-order valence-corrected chi connectivity index (χ1v) is 18.1. The molecule has 0 aliphatic rings. The molecule has 2 nitrogen and oxygen atoms in total. The Balaban J connectivity index is 1.08. The van der Waals surface area contributed by atoms with Crippen molar-refractivity contribution in [1.82, 2.24) is 9.55 Å². The number of rotatable bonds is 6. The maximum Gasteiger partial charge on any atom is 0.145 e. The van der Waals surface area contributed by atoms with E-state index in [4.69, 9.17) is 4.98 Å². The molecule has 9 aromatic carbocycles. The monoisotopic (exact) mass is 674 g/mol. The molecule has 248 valence electrons. The summed E-state index contributed by atoms with van der Waals surface area (Å²) >= 11 is 0. The van der Waals surface area contributed by atoms with Crippen molar-refractivity contribution in [2.45, 2.75) is 0 Å². The van der Waals surface area contributed by atoms with Gasteiger partial charge in [0.15, 0.2) is 0 Å². The van der Waals surface area contributed by atoms with Gasteiger partial charge in [-0.1, -0.05) is 182 Å². The first-order valence-electron chi connectivity index (χ1n) is 18.1. The number of imidazole rings is 1. The molecule has 0 atom stereocenters. The lowest BCUT2D eigenvalue weighted by Crippen LogP contribution is -1.97. The molecule has 0 spiro atoms. The van der Waals surface area contributed by atoms with Crippen LogP contribution >= 0.6 is 0 Å². The van der Waals surface area contributed by atoms with Gasteiger partial charge < -0.3 is 0 Å². The molecule has 0 N–H and O–H groups in total. The zero-order valence-corrected chi connectivity index (χ0v) is 29.0. The van der Waals surface area contributed by atoms with Gasteiger partial charge >= 0.3 is 0 Å². The zero-order valence-electron chi connectivity index (χ0n) is 29.0. The predicted molar refractivity (Wildman–Crippen MR) is 223 cm³/mol. The van der Waals surface area contributed by atoms with Gasteiger partial charge in [0.2, 0.25) is 0 Å². The van der Waals surface area contributed by atoms with Gasteiger partial charge in [0, 0.05) is 11.3 Å². The minimum absolute atomic E-state index is 0.939. The highest BCUT2D eigenvalue weighted by atomic mass is 15.1. The molecule has 0 aliphatic carbocycles. The molecule has 0 bridgehead atoms. The second kappa shape index (κ2) is 12.9. The number of hydrogen-bond acceptors (Lipinski definition) is 1. The van der Waals surface area contributed by atoms with Gasteiger partial charge in [0.05, 0.1) is 11.0 Å². The fraction of sp³-hybridized carbons (Fsp3) is 0. The Morgan fingerprint density at radius 2 is 0.679 bits per heavy atom. The SMILES string of the molecule is c1ccc(-c2ccc(-c3c4ccccc4c(-c4ccc(-c5ccc6nc(-c7ccccc7)n(-c7ccccc7)c6c5)cc4)c4ccccc34)cc2)cc1. The molecule has 0 aliphatic heterocycles. The molecule has 0 unspecified atom stereocenters. The summed E-state index contributed by atoms with van der Waals surface area (Å²) in [6.07, 6.45) is 0. The molecule has 2 heteroatoms. The van der Waals surface area contributed by atoms with Gasteiger partial charge in [-0.15, -0.1) is 0 Å². The molecule has 0 saturated carbocycles. The standard InChI is InChI=1S/C51H34N2/c1-4-14-35(15-5-1)36-24-28-38(29-25-36)49-43-20-10-12-22-45(43)50(46-23-13-11-21-44(46)49)39-30-26-37(27-31-39)41-32-33-47-48(34-41)53(42-18-8-3-9-19-42)51(52-47)40-16-6-2-7-17-40/h1-34H. The van der Waals surface area contributed by atoms with Crippen molar-refractivity contribution >= 4 is 32.6 Å². The lowest BCUT2D eigenvalue weighted by molar-refractivity contribution is 1.10. The molecular formula is C51H34N2. The Labute approximate surface area is 308 Å². The minimum atomic E-state index is 0.939. The second-order valence-corrected chi connectivity index (χ2v) is 13.5. The third kappa shape index (κ3) is 5.40. The molecule has 0 amide bonds. The molecule has 0 fully saturated rings. The minimum Gasteiger partial charge on any atom is -0.292 e. The highest BCUT2D eigenvalue weighted by Gasteiger charge is 2.18. The van der Waals surface area contributed by atoms with Crippen LogP contribution in [0.1, 0.15) is 0 Å². The summed E-state index contributed by atoms with van der Waals surface area (Å²) in [5.74, 6) is 0.939. The summed E-state index contributed by atoms with van der Waals surface area (Å²) in [6, 6.07) is 74.0. The van der Waals surface area contributed by atoms with Gasteiger partial charge in [0.1, 0.15) is 5.82 Å². The van der Waals surface area contributed by atoms with Gasteiger partial charge in [-0.3, -0.25) is 4.57 Å². The van der Waals surface area contributed by atoms with Crippen LogP contribution in [0.4, 0.5) is 0 Å². The van der Waals surface area contributed by atoms with E-state index in [1.54, 1.807) is 0 Å². The molecule has 0 saturated heterocycles. The molecule has 10 aromatic rings. The normalized spacial score (nSPS) is 11.4. The molecule has 10 rings (SSSR count). The summed E-state index contributed by atoms with van der Waals surface area (Å²) in [6.45, 7) is 0. The van der Waals surface area contributed by atoms with Gasteiger partial charge in [0.25, 0.3) is 0 Å². The first kappa shape index (κ1) is 30.8. The van der Waals surface area contributed by atoms with E-state index in [9.17, 15) is 0 Å². The molecule has 53 heavy (non-hydrogen) atoms. The van der Waals surface area contributed by atoms with Gasteiger partial charge in [-0.25, -0.2) is 4.98 Å². The van der Waals surface area contributed by atoms with Crippen molar-refractivity contribution in [3.05, 3.63) is 206 Å². The Hall–Kier alpha value is -7.03. The molecule has 0 radical (unpaired) electrons. The number of hydrogen-bond donors (Lipinski definition) is 0. The van der Waals surface area contributed by atoms with Crippen molar-refractivity contribution in [3.63, 3.8) is 0 Å². The van der Waals surface area contributed by atoms with Crippen LogP contribution in [-0.2, 0) is 0 Å². The summed E-state index contributed by atoms with van der Waals surface area (Å²) in [7, 11) is 0. The lowest BCUT2D eigenvalue weighted by atomic mass is 9.85. The number of fused-ring (bicyclic) bond motifs is 3. The maximum absolute atomic E-state index is 5.12. The average Bonchev–Trinajstić information content (AvgIpc) is 3.63. The molecular weight excluding hydrogens is 641 g/mol. The predicted octanol–water partition coefficient (Wildman–Crippen LogP) is 13.7. The lowest BCUT2D eigenvalue weighted by Gasteiger charge is -2.18. The van der Waals surface area contributed by atoms with E-state index in [2.05, 4.69) is 205 Å². The van der Waals surface area contributed by atoms with Crippen LogP contribution < -0.4 is 0 Å². The quantitative estimate of drug-likeness (QED) is 0.161. The fourth-order valence-corrected chi connectivity index (χ4v) is 7.91. The number of aromatic nitrogens is 2. The van der Waals surface area contributed by atoms with Gasteiger partial charge in [-0.05, 0) is 90.3 Å². The summed E-state index contributed by atoms with van der Waals surface area (Å²) < 4.78 is 2.28. The topological polar surface area (TPSA) is 17.8 Å². The van der Waals surface area contributed by atoms with Gasteiger partial charge in [-0.2, -0.15) is 0 Å². The number of nitrogens with zero attached hydrogens (tertiary/aromatic N) is 2. The second-order valence-electron chi connectivity index (χ2n) is 13.5. The van der Waals surface area contributed by atoms with Crippen LogP contribution in [0.5, 0.6) is 0 Å². The Bertz CT molecular complexity index is 2830. The average molecular weight is 675 g/mol. The van der Waals surface area contributed by atoms with Crippen molar-refractivity contribution in [2.24, 2.45) is 0 Å². The summed E-state index contributed by atoms with van der Waals surface area (Å²) in [4.78, 5) is 5.12. The van der Waals surface area contributed by atoms with Crippen molar-refractivity contribution in [2.75, 3.05) is 0 Å². The van der Waals surface area contributed by atoms with E-state index in [-0.39, 0.29) is 0 Å². The van der Waals surface area contributed by atoms with E-state index >= 15 is 0 Å². The van der Waals surface area contributed by atoms with Crippen LogP contribution in [0.15, 0.2) is 206 Å². The Morgan fingerprint density at radius 3 is 1.19 bits per heavy atom. The molecule has 1 heterocycles. The van der Waals surface area contributed by atoms with Crippen LogP contribution in [0.2, 0.25) is 0 Å². The molecule has 1 aromatic heterocycles. The summed E-state index contributed by atoms with van der Waals surface area (Å²) in [5.41, 5.74) is 14.0. The maximum atomic E-state index is 5.12. The fourth-order valence-electron chi connectivity index (χ4n) is 7.91. The van der Waals surface area contributed by atoms with E-state index in [1.807, 2.05) is 6.07 Å². The van der Waals surface area contributed by atoms with Crippen molar-refractivity contribution < 1.29 is 0 Å². The number of para-hydroxylation sites is 1. The van der Waals surface area contributed by atoms with Crippen LogP contribution in [0.3, 0.4) is 0 Å². The third-order valence-electron chi connectivity index (χ3n) is 10.4. The zero-order chi connectivity index (χ0) is 35.1. The highest BCUT2D eigenvalue weighted by Crippen LogP contribution is 2.44.